The Balaban J connectivity index is 1.75. The first-order chi connectivity index (χ1) is 10.3. The molecule has 0 aromatic carbocycles. The highest BCUT2D eigenvalue weighted by molar-refractivity contribution is 5.50. The van der Waals surface area contributed by atoms with Crippen molar-refractivity contribution in [2.75, 3.05) is 43.6 Å². The predicted octanol–water partition coefficient (Wildman–Crippen LogP) is 2.65. The minimum atomic E-state index is 0.588. The van der Waals surface area contributed by atoms with Crippen molar-refractivity contribution in [3.05, 3.63) is 11.9 Å². The first-order valence-electron chi connectivity index (χ1n) is 8.17. The second-order valence-corrected chi connectivity index (χ2v) is 6.23. The van der Waals surface area contributed by atoms with Crippen LogP contribution in [0, 0.1) is 5.92 Å². The topological polar surface area (TPSA) is 50.3 Å². The molecule has 2 heterocycles. The monoisotopic (exact) mass is 290 g/mol. The van der Waals surface area contributed by atoms with Gasteiger partial charge in [0, 0.05) is 44.6 Å². The Morgan fingerprint density at radius 1 is 1.33 bits per heavy atom. The molecular formula is C16H26N4O. The van der Waals surface area contributed by atoms with Crippen molar-refractivity contribution >= 4 is 11.6 Å². The Bertz CT molecular complexity index is 475. The van der Waals surface area contributed by atoms with Gasteiger partial charge in [-0.3, -0.25) is 0 Å². The summed E-state index contributed by atoms with van der Waals surface area (Å²) in [5.41, 5.74) is 0. The summed E-state index contributed by atoms with van der Waals surface area (Å²) in [6, 6.07) is 2.11. The molecule has 1 aliphatic heterocycles. The van der Waals surface area contributed by atoms with E-state index in [1.165, 1.54) is 19.3 Å². The highest BCUT2D eigenvalue weighted by Crippen LogP contribution is 2.39. The summed E-state index contributed by atoms with van der Waals surface area (Å²) in [6.07, 6.45) is 4.78. The van der Waals surface area contributed by atoms with Gasteiger partial charge in [0.15, 0.2) is 0 Å². The van der Waals surface area contributed by atoms with E-state index in [0.717, 1.165) is 50.1 Å². The average Bonchev–Trinajstić information content (AvgIpc) is 3.25. The molecule has 0 bridgehead atoms. The van der Waals surface area contributed by atoms with Crippen LogP contribution in [0.4, 0.5) is 11.6 Å². The van der Waals surface area contributed by atoms with E-state index in [-0.39, 0.29) is 0 Å². The van der Waals surface area contributed by atoms with E-state index in [1.807, 2.05) is 0 Å². The lowest BCUT2D eigenvalue weighted by Crippen LogP contribution is -2.23. The molecule has 2 fully saturated rings. The second kappa shape index (κ2) is 6.60. The molecule has 116 valence electrons. The summed E-state index contributed by atoms with van der Waals surface area (Å²) in [4.78, 5) is 11.9. The Morgan fingerprint density at radius 2 is 2.19 bits per heavy atom. The van der Waals surface area contributed by atoms with Crippen molar-refractivity contribution in [3.8, 4) is 0 Å². The van der Waals surface area contributed by atoms with E-state index >= 15 is 0 Å². The molecule has 0 radical (unpaired) electrons. The maximum Gasteiger partial charge on any atom is 0.136 e. The summed E-state index contributed by atoms with van der Waals surface area (Å²) in [7, 11) is 1.78. The third kappa shape index (κ3) is 3.64. The second-order valence-electron chi connectivity index (χ2n) is 6.23. The largest absolute Gasteiger partial charge is 0.384 e. The predicted molar refractivity (Wildman–Crippen MR) is 85.0 cm³/mol. The van der Waals surface area contributed by atoms with Crippen LogP contribution in [0.15, 0.2) is 6.07 Å². The molecule has 1 aromatic heterocycles. The van der Waals surface area contributed by atoms with Gasteiger partial charge in [-0.15, -0.1) is 0 Å². The van der Waals surface area contributed by atoms with Gasteiger partial charge in [-0.1, -0.05) is 6.92 Å². The molecule has 1 aromatic rings. The van der Waals surface area contributed by atoms with Gasteiger partial charge in [-0.25, -0.2) is 9.97 Å². The SMILES string of the molecule is CCCNc1cc(N2CCC(COC)C2)nc(C2CC2)n1. The van der Waals surface area contributed by atoms with Crippen molar-refractivity contribution in [1.29, 1.82) is 0 Å². The first-order valence-corrected chi connectivity index (χ1v) is 8.17. The van der Waals surface area contributed by atoms with Crippen molar-refractivity contribution in [1.82, 2.24) is 9.97 Å². The molecule has 5 heteroatoms. The first kappa shape index (κ1) is 14.6. The van der Waals surface area contributed by atoms with Crippen molar-refractivity contribution in [3.63, 3.8) is 0 Å². The van der Waals surface area contributed by atoms with Crippen LogP contribution < -0.4 is 10.2 Å². The quantitative estimate of drug-likeness (QED) is 0.836. The molecular weight excluding hydrogens is 264 g/mol. The van der Waals surface area contributed by atoms with Gasteiger partial charge in [0.2, 0.25) is 0 Å². The summed E-state index contributed by atoms with van der Waals surface area (Å²) >= 11 is 0. The minimum absolute atomic E-state index is 0.588. The molecule has 1 saturated heterocycles. The standard InChI is InChI=1S/C16H26N4O/c1-3-7-17-14-9-15(19-16(18-14)13-4-5-13)20-8-6-12(10-20)11-21-2/h9,12-13H,3-8,10-11H2,1-2H3,(H,17,18,19). The third-order valence-electron chi connectivity index (χ3n) is 4.24. The third-order valence-corrected chi connectivity index (χ3v) is 4.24. The number of hydrogen-bond donors (Lipinski definition) is 1. The van der Waals surface area contributed by atoms with E-state index < -0.39 is 0 Å². The van der Waals surface area contributed by atoms with Crippen LogP contribution in [0.25, 0.3) is 0 Å². The zero-order valence-electron chi connectivity index (χ0n) is 13.1. The van der Waals surface area contributed by atoms with E-state index in [4.69, 9.17) is 9.72 Å². The molecule has 3 rings (SSSR count). The Labute approximate surface area is 127 Å². The number of anilines is 2. The fourth-order valence-corrected chi connectivity index (χ4v) is 2.89. The molecule has 0 spiro atoms. The Morgan fingerprint density at radius 3 is 2.90 bits per heavy atom. The molecule has 1 N–H and O–H groups in total. The Hall–Kier alpha value is -1.36. The summed E-state index contributed by atoms with van der Waals surface area (Å²) < 4.78 is 5.29. The van der Waals surface area contributed by atoms with Crippen molar-refractivity contribution in [2.24, 2.45) is 5.92 Å². The molecule has 5 nitrogen and oxygen atoms in total. The summed E-state index contributed by atoms with van der Waals surface area (Å²) in [6.45, 7) is 6.10. The minimum Gasteiger partial charge on any atom is -0.384 e. The van der Waals surface area contributed by atoms with Crippen LogP contribution in [-0.4, -0.2) is 43.3 Å². The number of aromatic nitrogens is 2. The summed E-state index contributed by atoms with van der Waals surface area (Å²) in [5.74, 6) is 4.32. The average molecular weight is 290 g/mol. The van der Waals surface area contributed by atoms with Gasteiger partial charge in [-0.05, 0) is 25.7 Å². The number of nitrogens with one attached hydrogen (secondary N) is 1. The van der Waals surface area contributed by atoms with E-state index in [2.05, 4.69) is 28.2 Å². The smallest absolute Gasteiger partial charge is 0.136 e. The van der Waals surface area contributed by atoms with Crippen molar-refractivity contribution < 1.29 is 4.74 Å². The lowest BCUT2D eigenvalue weighted by atomic mass is 10.1. The number of methoxy groups -OCH3 is 1. The fraction of sp³-hybridized carbons (Fsp3) is 0.750. The molecule has 1 unspecified atom stereocenters. The van der Waals surface area contributed by atoms with Crippen LogP contribution in [-0.2, 0) is 4.74 Å². The van der Waals surface area contributed by atoms with Crippen LogP contribution in [0.1, 0.15) is 44.3 Å². The van der Waals surface area contributed by atoms with Crippen molar-refractivity contribution in [2.45, 2.75) is 38.5 Å². The van der Waals surface area contributed by atoms with E-state index in [1.54, 1.807) is 7.11 Å². The molecule has 0 amide bonds. The maximum atomic E-state index is 5.29. The molecule has 1 atom stereocenters. The lowest BCUT2D eigenvalue weighted by Gasteiger charge is -2.19. The normalized spacial score (nSPS) is 21.8. The van der Waals surface area contributed by atoms with Crippen LogP contribution in [0.3, 0.4) is 0 Å². The lowest BCUT2D eigenvalue weighted by molar-refractivity contribution is 0.161. The highest BCUT2D eigenvalue weighted by Gasteiger charge is 2.29. The number of ether oxygens (including phenoxy) is 1. The van der Waals surface area contributed by atoms with Gasteiger partial charge in [-0.2, -0.15) is 0 Å². The number of nitrogens with zero attached hydrogens (tertiary/aromatic N) is 3. The van der Waals surface area contributed by atoms with Gasteiger partial charge in [0.25, 0.3) is 0 Å². The van der Waals surface area contributed by atoms with Gasteiger partial charge in [0.1, 0.15) is 17.5 Å². The molecule has 1 aliphatic carbocycles. The zero-order chi connectivity index (χ0) is 14.7. The fourth-order valence-electron chi connectivity index (χ4n) is 2.89. The van der Waals surface area contributed by atoms with Crippen LogP contribution in [0.5, 0.6) is 0 Å². The van der Waals surface area contributed by atoms with Gasteiger partial charge < -0.3 is 15.0 Å². The highest BCUT2D eigenvalue weighted by atomic mass is 16.5. The van der Waals surface area contributed by atoms with Gasteiger partial charge >= 0.3 is 0 Å². The zero-order valence-corrected chi connectivity index (χ0v) is 13.1. The Kier molecular flexibility index (Phi) is 4.58. The van der Waals surface area contributed by atoms with E-state index in [9.17, 15) is 0 Å². The van der Waals surface area contributed by atoms with Crippen LogP contribution >= 0.6 is 0 Å². The molecule has 2 aliphatic rings. The number of hydrogen-bond acceptors (Lipinski definition) is 5. The number of rotatable bonds is 7. The maximum absolute atomic E-state index is 5.29. The molecule has 21 heavy (non-hydrogen) atoms. The molecule has 1 saturated carbocycles. The van der Waals surface area contributed by atoms with Gasteiger partial charge in [0.05, 0.1) is 6.61 Å². The van der Waals surface area contributed by atoms with E-state index in [0.29, 0.717) is 11.8 Å². The van der Waals surface area contributed by atoms with Crippen LogP contribution in [0.2, 0.25) is 0 Å². The summed E-state index contributed by atoms with van der Waals surface area (Å²) in [5, 5.41) is 3.42.